The van der Waals surface area contributed by atoms with Gasteiger partial charge in [-0.15, -0.1) is 0 Å². The molecule has 0 aliphatic heterocycles. The topological polar surface area (TPSA) is 54.4 Å². The van der Waals surface area contributed by atoms with Crippen LogP contribution < -0.4 is 0 Å². The highest BCUT2D eigenvalue weighted by Crippen LogP contribution is 2.23. The van der Waals surface area contributed by atoms with Crippen molar-refractivity contribution in [2.24, 2.45) is 5.41 Å². The number of hydrogen-bond acceptors (Lipinski definition) is 2. The second-order valence-corrected chi connectivity index (χ2v) is 5.57. The van der Waals surface area contributed by atoms with E-state index in [2.05, 4.69) is 0 Å². The first-order valence-electron chi connectivity index (χ1n) is 3.73. The predicted molar refractivity (Wildman–Crippen MR) is 45.1 cm³/mol. The van der Waals surface area contributed by atoms with Gasteiger partial charge in [-0.3, -0.25) is 4.55 Å². The molecular formula is C7H15FO3S. The van der Waals surface area contributed by atoms with Crippen molar-refractivity contribution in [3.05, 3.63) is 0 Å². The maximum Gasteiger partial charge on any atom is 0.297 e. The minimum atomic E-state index is -4.49. The molecule has 0 aromatic rings. The summed E-state index contributed by atoms with van der Waals surface area (Å²) in [5.41, 5.74) is -2.26. The Bertz CT molecular complexity index is 228. The van der Waals surface area contributed by atoms with Gasteiger partial charge in [0, 0.05) is 0 Å². The molecule has 0 fully saturated rings. The van der Waals surface area contributed by atoms with Gasteiger partial charge in [-0.2, -0.15) is 8.42 Å². The van der Waals surface area contributed by atoms with Gasteiger partial charge < -0.3 is 0 Å². The minimum Gasteiger partial charge on any atom is -0.283 e. The average molecular weight is 198 g/mol. The molecule has 5 heteroatoms. The third-order valence-electron chi connectivity index (χ3n) is 1.44. The molecule has 0 aliphatic rings. The van der Waals surface area contributed by atoms with Gasteiger partial charge in [0.1, 0.15) is 0 Å². The van der Waals surface area contributed by atoms with Crippen molar-refractivity contribution in [2.45, 2.75) is 39.1 Å². The predicted octanol–water partition coefficient (Wildman–Crippen LogP) is 2.00. The van der Waals surface area contributed by atoms with E-state index in [1.165, 1.54) is 0 Å². The van der Waals surface area contributed by atoms with Crippen LogP contribution in [0.3, 0.4) is 0 Å². The van der Waals surface area contributed by atoms with Crippen LogP contribution in [0.2, 0.25) is 0 Å². The molecule has 0 aromatic heterocycles. The second-order valence-electron chi connectivity index (χ2n) is 4.02. The average Bonchev–Trinajstić information content (AvgIpc) is 1.78. The molecule has 0 aromatic carbocycles. The van der Waals surface area contributed by atoms with Crippen LogP contribution in [0.4, 0.5) is 4.39 Å². The molecule has 0 heterocycles. The molecule has 0 aliphatic carbocycles. The van der Waals surface area contributed by atoms with Crippen LogP contribution in [0.15, 0.2) is 0 Å². The van der Waals surface area contributed by atoms with Crippen LogP contribution in [0.25, 0.3) is 0 Å². The van der Waals surface area contributed by atoms with Crippen molar-refractivity contribution >= 4 is 10.1 Å². The summed E-state index contributed by atoms with van der Waals surface area (Å²) in [6, 6.07) is 0. The smallest absolute Gasteiger partial charge is 0.283 e. The maximum atomic E-state index is 12.6. The molecule has 0 amide bonds. The Balaban J connectivity index is 3.98. The lowest BCUT2D eigenvalue weighted by molar-refractivity contribution is 0.296. The van der Waals surface area contributed by atoms with E-state index < -0.39 is 15.6 Å². The van der Waals surface area contributed by atoms with Crippen LogP contribution in [0, 0.1) is 5.41 Å². The van der Waals surface area contributed by atoms with Gasteiger partial charge >= 0.3 is 0 Å². The van der Waals surface area contributed by atoms with E-state index in [0.717, 1.165) is 0 Å². The zero-order valence-electron chi connectivity index (χ0n) is 7.54. The first kappa shape index (κ1) is 11.8. The van der Waals surface area contributed by atoms with Crippen molar-refractivity contribution in [3.8, 4) is 0 Å². The largest absolute Gasteiger partial charge is 0.297 e. The third kappa shape index (κ3) is 5.49. The summed E-state index contributed by atoms with van der Waals surface area (Å²) >= 11 is 0. The molecule has 1 atom stereocenters. The Hall–Kier alpha value is -0.160. The molecular weight excluding hydrogens is 183 g/mol. The van der Waals surface area contributed by atoms with Gasteiger partial charge in [0.05, 0.1) is 0 Å². The summed E-state index contributed by atoms with van der Waals surface area (Å²) < 4.78 is 41.3. The monoisotopic (exact) mass is 198 g/mol. The highest BCUT2D eigenvalue weighted by molar-refractivity contribution is 7.86. The summed E-state index contributed by atoms with van der Waals surface area (Å²) in [4.78, 5) is 0. The first-order valence-corrected chi connectivity index (χ1v) is 5.23. The van der Waals surface area contributed by atoms with E-state index in [9.17, 15) is 12.8 Å². The van der Waals surface area contributed by atoms with E-state index >= 15 is 0 Å². The normalized spacial score (nSPS) is 16.1. The summed E-state index contributed by atoms with van der Waals surface area (Å²) in [5.74, 6) is 0. The van der Waals surface area contributed by atoms with Gasteiger partial charge in [-0.05, 0) is 18.3 Å². The lowest BCUT2D eigenvalue weighted by atomic mass is 9.91. The third-order valence-corrected chi connectivity index (χ3v) is 2.33. The summed E-state index contributed by atoms with van der Waals surface area (Å²) in [6.45, 7) is 5.64. The Labute approximate surface area is 72.7 Å². The van der Waals surface area contributed by atoms with Gasteiger partial charge in [0.15, 0.2) is 0 Å². The molecule has 0 rings (SSSR count). The Kier molecular flexibility index (Phi) is 3.65. The fourth-order valence-corrected chi connectivity index (χ4v) is 1.11. The summed E-state index contributed by atoms with van der Waals surface area (Å²) in [5, 5.41) is 0. The van der Waals surface area contributed by atoms with E-state index in [4.69, 9.17) is 4.55 Å². The molecule has 3 nitrogen and oxygen atoms in total. The quantitative estimate of drug-likeness (QED) is 0.705. The number of rotatable bonds is 3. The fraction of sp³-hybridized carbons (Fsp3) is 1.00. The van der Waals surface area contributed by atoms with Crippen molar-refractivity contribution in [1.82, 2.24) is 0 Å². The Morgan fingerprint density at radius 1 is 1.42 bits per heavy atom. The van der Waals surface area contributed by atoms with Crippen LogP contribution in [-0.2, 0) is 10.1 Å². The van der Waals surface area contributed by atoms with Gasteiger partial charge in [-0.25, -0.2) is 4.39 Å². The van der Waals surface area contributed by atoms with Gasteiger partial charge in [0.25, 0.3) is 10.1 Å². The van der Waals surface area contributed by atoms with Crippen LogP contribution in [0.1, 0.15) is 33.6 Å². The molecule has 0 saturated heterocycles. The van der Waals surface area contributed by atoms with Crippen LogP contribution >= 0.6 is 0 Å². The highest BCUT2D eigenvalue weighted by atomic mass is 32.2. The molecule has 74 valence electrons. The lowest BCUT2D eigenvalue weighted by Gasteiger charge is -2.18. The second kappa shape index (κ2) is 3.70. The number of alkyl halides is 1. The van der Waals surface area contributed by atoms with E-state index in [0.29, 0.717) is 6.42 Å². The van der Waals surface area contributed by atoms with Crippen molar-refractivity contribution in [2.75, 3.05) is 0 Å². The fourth-order valence-electron chi connectivity index (χ4n) is 0.695. The highest BCUT2D eigenvalue weighted by Gasteiger charge is 2.24. The molecule has 12 heavy (non-hydrogen) atoms. The molecule has 1 N–H and O–H groups in total. The summed E-state index contributed by atoms with van der Waals surface area (Å²) in [7, 11) is -4.49. The van der Waals surface area contributed by atoms with E-state index in [-0.39, 0.29) is 11.8 Å². The van der Waals surface area contributed by atoms with Crippen LogP contribution in [-0.4, -0.2) is 18.5 Å². The summed E-state index contributed by atoms with van der Waals surface area (Å²) in [6.07, 6.45) is 0.274. The van der Waals surface area contributed by atoms with Crippen molar-refractivity contribution in [1.29, 1.82) is 0 Å². The van der Waals surface area contributed by atoms with Gasteiger partial charge in [0.2, 0.25) is 5.50 Å². The number of halogens is 1. The Morgan fingerprint density at radius 3 is 2.08 bits per heavy atom. The zero-order valence-corrected chi connectivity index (χ0v) is 8.36. The molecule has 0 radical (unpaired) electrons. The van der Waals surface area contributed by atoms with E-state index in [1.54, 1.807) is 0 Å². The van der Waals surface area contributed by atoms with Gasteiger partial charge in [-0.1, -0.05) is 20.8 Å². The molecule has 0 spiro atoms. The molecule has 0 bridgehead atoms. The first-order chi connectivity index (χ1) is 5.13. The number of hydrogen-bond donors (Lipinski definition) is 1. The van der Waals surface area contributed by atoms with Crippen molar-refractivity contribution < 1.29 is 17.4 Å². The lowest BCUT2D eigenvalue weighted by Crippen LogP contribution is -2.17. The standard InChI is InChI=1S/C7H15FO3S/c1-7(2,3)5-4-6(8)12(9,10)11/h6H,4-5H2,1-3H3,(H,9,10,11). The van der Waals surface area contributed by atoms with Crippen LogP contribution in [0.5, 0.6) is 0 Å². The molecule has 1 unspecified atom stereocenters. The SMILES string of the molecule is CC(C)(C)CCC(F)S(=O)(=O)O. The Morgan fingerprint density at radius 2 is 1.83 bits per heavy atom. The maximum absolute atomic E-state index is 12.6. The zero-order chi connectivity index (χ0) is 9.99. The van der Waals surface area contributed by atoms with Crippen molar-refractivity contribution in [3.63, 3.8) is 0 Å². The minimum absolute atomic E-state index is 0.116. The molecule has 0 saturated carbocycles. The van der Waals surface area contributed by atoms with E-state index in [1.807, 2.05) is 20.8 Å².